The quantitative estimate of drug-likeness (QED) is 0.854. The van der Waals surface area contributed by atoms with Gasteiger partial charge in [-0.05, 0) is 36.3 Å². The van der Waals surface area contributed by atoms with Crippen LogP contribution >= 0.6 is 11.6 Å². The summed E-state index contributed by atoms with van der Waals surface area (Å²) < 4.78 is 23.3. The van der Waals surface area contributed by atoms with Crippen molar-refractivity contribution in [1.82, 2.24) is 0 Å². The van der Waals surface area contributed by atoms with Crippen molar-refractivity contribution in [3.8, 4) is 0 Å². The zero-order chi connectivity index (χ0) is 15.6. The fourth-order valence-electron chi connectivity index (χ4n) is 2.29. The largest absolute Gasteiger partial charge is 0.304 e. The molecule has 0 bridgehead atoms. The molecular weight excluding hydrogens is 310 g/mol. The second-order valence-corrected chi connectivity index (χ2v) is 7.93. The van der Waals surface area contributed by atoms with Crippen LogP contribution in [0.3, 0.4) is 0 Å². The molecule has 6 heteroatoms. The van der Waals surface area contributed by atoms with E-state index in [1.807, 2.05) is 13.8 Å². The van der Waals surface area contributed by atoms with Crippen LogP contribution < -0.4 is 4.90 Å². The zero-order valence-corrected chi connectivity index (χ0v) is 13.6. The second kappa shape index (κ2) is 6.20. The number of rotatable bonds is 4. The standard InChI is InChI=1S/C15H18ClNO3S/c1-11(2)9-15(18)17(13-5-3-12(16)4-6-13)14-7-8-21(19,20)10-14/h3-8,11,14H,9-10H2,1-2H3/t14-/m0/s1. The van der Waals surface area contributed by atoms with Crippen molar-refractivity contribution in [2.45, 2.75) is 26.3 Å². The van der Waals surface area contributed by atoms with Crippen molar-refractivity contribution in [2.75, 3.05) is 10.7 Å². The number of carbonyl (C=O) groups excluding carboxylic acids is 1. The van der Waals surface area contributed by atoms with Crippen molar-refractivity contribution in [3.63, 3.8) is 0 Å². The van der Waals surface area contributed by atoms with E-state index in [1.54, 1.807) is 35.2 Å². The van der Waals surface area contributed by atoms with Gasteiger partial charge in [-0.15, -0.1) is 0 Å². The summed E-state index contributed by atoms with van der Waals surface area (Å²) >= 11 is 5.87. The van der Waals surface area contributed by atoms with Gasteiger partial charge in [0.15, 0.2) is 9.84 Å². The van der Waals surface area contributed by atoms with E-state index in [2.05, 4.69) is 0 Å². The SMILES string of the molecule is CC(C)CC(=O)N(c1ccc(Cl)cc1)[C@H]1C=CS(=O)(=O)C1. The maximum Gasteiger partial charge on any atom is 0.227 e. The Balaban J connectivity index is 2.33. The average molecular weight is 328 g/mol. The van der Waals surface area contributed by atoms with Crippen molar-refractivity contribution >= 4 is 33.0 Å². The number of nitrogens with zero attached hydrogens (tertiary/aromatic N) is 1. The minimum Gasteiger partial charge on any atom is -0.304 e. The molecule has 0 radical (unpaired) electrons. The van der Waals surface area contributed by atoms with Gasteiger partial charge >= 0.3 is 0 Å². The minimum atomic E-state index is -3.22. The molecule has 1 atom stereocenters. The molecule has 114 valence electrons. The third kappa shape index (κ3) is 4.08. The van der Waals surface area contributed by atoms with Gasteiger partial charge in [0.2, 0.25) is 5.91 Å². The summed E-state index contributed by atoms with van der Waals surface area (Å²) in [6, 6.07) is 6.40. The number of sulfone groups is 1. The maximum absolute atomic E-state index is 12.5. The van der Waals surface area contributed by atoms with E-state index in [1.165, 1.54) is 5.41 Å². The Bertz CT molecular complexity index is 650. The van der Waals surface area contributed by atoms with E-state index < -0.39 is 15.9 Å². The van der Waals surface area contributed by atoms with Crippen molar-refractivity contribution in [2.24, 2.45) is 5.92 Å². The predicted molar refractivity (Wildman–Crippen MR) is 85.1 cm³/mol. The first-order chi connectivity index (χ1) is 9.78. The Morgan fingerprint density at radius 2 is 1.95 bits per heavy atom. The van der Waals surface area contributed by atoms with Gasteiger partial charge in [-0.2, -0.15) is 0 Å². The Labute approximate surface area is 130 Å². The lowest BCUT2D eigenvalue weighted by Crippen LogP contribution is -2.41. The topological polar surface area (TPSA) is 54.5 Å². The van der Waals surface area contributed by atoms with Gasteiger partial charge in [-0.25, -0.2) is 8.42 Å². The molecule has 2 rings (SSSR count). The summed E-state index contributed by atoms with van der Waals surface area (Å²) in [5.74, 6) is 0.0489. The molecule has 4 nitrogen and oxygen atoms in total. The number of anilines is 1. The number of hydrogen-bond donors (Lipinski definition) is 0. The highest BCUT2D eigenvalue weighted by Gasteiger charge is 2.31. The van der Waals surface area contributed by atoms with E-state index >= 15 is 0 Å². The first-order valence-corrected chi connectivity index (χ1v) is 8.86. The molecule has 1 aliphatic heterocycles. The number of benzene rings is 1. The minimum absolute atomic E-state index is 0.0700. The maximum atomic E-state index is 12.5. The van der Waals surface area contributed by atoms with E-state index in [-0.39, 0.29) is 17.6 Å². The van der Waals surface area contributed by atoms with Gasteiger partial charge < -0.3 is 4.90 Å². The highest BCUT2D eigenvalue weighted by atomic mass is 35.5. The second-order valence-electron chi connectivity index (χ2n) is 5.56. The van der Waals surface area contributed by atoms with E-state index in [0.717, 1.165) is 0 Å². The highest BCUT2D eigenvalue weighted by molar-refractivity contribution is 7.94. The Morgan fingerprint density at radius 1 is 1.33 bits per heavy atom. The number of carbonyl (C=O) groups is 1. The highest BCUT2D eigenvalue weighted by Crippen LogP contribution is 2.25. The fraction of sp³-hybridized carbons (Fsp3) is 0.400. The average Bonchev–Trinajstić information content (AvgIpc) is 2.71. The van der Waals surface area contributed by atoms with Crippen LogP contribution in [0.25, 0.3) is 0 Å². The van der Waals surface area contributed by atoms with Crippen molar-refractivity contribution < 1.29 is 13.2 Å². The van der Waals surface area contributed by atoms with Crippen LogP contribution in [0.2, 0.25) is 5.02 Å². The zero-order valence-electron chi connectivity index (χ0n) is 12.0. The van der Waals surface area contributed by atoms with Crippen molar-refractivity contribution in [3.05, 3.63) is 40.8 Å². The normalized spacial score (nSPS) is 19.9. The van der Waals surface area contributed by atoms with Crippen LogP contribution in [0.1, 0.15) is 20.3 Å². The lowest BCUT2D eigenvalue weighted by atomic mass is 10.1. The molecule has 0 aliphatic carbocycles. The summed E-state index contributed by atoms with van der Waals surface area (Å²) in [7, 11) is -3.22. The predicted octanol–water partition coefficient (Wildman–Crippen LogP) is 3.03. The smallest absolute Gasteiger partial charge is 0.227 e. The van der Waals surface area contributed by atoms with E-state index in [0.29, 0.717) is 17.1 Å². The number of halogens is 1. The van der Waals surface area contributed by atoms with Gasteiger partial charge in [0.1, 0.15) is 0 Å². The molecule has 1 amide bonds. The first-order valence-electron chi connectivity index (χ1n) is 6.77. The first kappa shape index (κ1) is 16.0. The number of amides is 1. The molecule has 1 aromatic rings. The molecule has 0 saturated carbocycles. The van der Waals surface area contributed by atoms with Crippen LogP contribution in [0.15, 0.2) is 35.7 Å². The van der Waals surface area contributed by atoms with Gasteiger partial charge in [0.05, 0.1) is 11.8 Å². The third-order valence-corrected chi connectivity index (χ3v) is 4.83. The van der Waals surface area contributed by atoms with Gasteiger partial charge in [-0.1, -0.05) is 25.4 Å². The molecule has 0 aromatic heterocycles. The molecule has 21 heavy (non-hydrogen) atoms. The van der Waals surface area contributed by atoms with Crippen molar-refractivity contribution in [1.29, 1.82) is 0 Å². The van der Waals surface area contributed by atoms with Crippen LogP contribution in [0, 0.1) is 5.92 Å². The van der Waals surface area contributed by atoms with Gasteiger partial charge in [0.25, 0.3) is 0 Å². The lowest BCUT2D eigenvalue weighted by molar-refractivity contribution is -0.119. The van der Waals surface area contributed by atoms with E-state index in [9.17, 15) is 13.2 Å². The van der Waals surface area contributed by atoms with Crippen LogP contribution in [-0.2, 0) is 14.6 Å². The molecule has 1 aromatic carbocycles. The molecule has 0 saturated heterocycles. The summed E-state index contributed by atoms with van der Waals surface area (Å²) in [6.45, 7) is 3.92. The Kier molecular flexibility index (Phi) is 4.74. The molecule has 0 unspecified atom stereocenters. The molecule has 0 fully saturated rings. The van der Waals surface area contributed by atoms with E-state index in [4.69, 9.17) is 11.6 Å². The van der Waals surface area contributed by atoms with Crippen LogP contribution in [-0.4, -0.2) is 26.1 Å². The Morgan fingerprint density at radius 3 is 2.43 bits per heavy atom. The summed E-state index contributed by atoms with van der Waals surface area (Å²) in [5, 5.41) is 1.76. The Hall–Kier alpha value is -1.33. The third-order valence-electron chi connectivity index (χ3n) is 3.20. The summed E-state index contributed by atoms with van der Waals surface area (Å²) in [4.78, 5) is 14.1. The number of hydrogen-bond acceptors (Lipinski definition) is 3. The van der Waals surface area contributed by atoms with Gasteiger partial charge in [0, 0.05) is 22.5 Å². The molecular formula is C15H18ClNO3S. The molecule has 0 N–H and O–H groups in total. The molecule has 0 spiro atoms. The lowest BCUT2D eigenvalue weighted by Gasteiger charge is -2.28. The molecule has 1 aliphatic rings. The summed E-state index contributed by atoms with van der Waals surface area (Å²) in [6.07, 6.45) is 1.94. The molecule has 1 heterocycles. The van der Waals surface area contributed by atoms with Gasteiger partial charge in [-0.3, -0.25) is 4.79 Å². The fourth-order valence-corrected chi connectivity index (χ4v) is 3.68. The van der Waals surface area contributed by atoms with Crippen LogP contribution in [0.5, 0.6) is 0 Å². The summed E-state index contributed by atoms with van der Waals surface area (Å²) in [5.41, 5.74) is 0.664. The van der Waals surface area contributed by atoms with Crippen LogP contribution in [0.4, 0.5) is 5.69 Å². The monoisotopic (exact) mass is 327 g/mol.